The number of nitrogens with zero attached hydrogens (tertiary/aromatic N) is 2. The fourth-order valence-electron chi connectivity index (χ4n) is 11.4. The monoisotopic (exact) mass is 708 g/mol. The molecule has 0 saturated carbocycles. The van der Waals surface area contributed by atoms with Crippen molar-refractivity contribution in [1.82, 2.24) is 9.97 Å². The molecule has 0 radical (unpaired) electrons. The first-order chi connectivity index (χ1) is 26.3. The fraction of sp³-hybridized carbons (Fsp3) is 0.320. The molecule has 270 valence electrons. The van der Waals surface area contributed by atoms with Gasteiger partial charge in [-0.15, -0.1) is 0 Å². The summed E-state index contributed by atoms with van der Waals surface area (Å²) in [6.07, 6.45) is 23.3. The normalized spacial score (nSPS) is 24.1. The average Bonchev–Trinajstić information content (AvgIpc) is 3.72. The second kappa shape index (κ2) is 12.7. The van der Waals surface area contributed by atoms with E-state index in [-0.39, 0.29) is 22.3 Å². The van der Waals surface area contributed by atoms with Crippen LogP contribution in [-0.2, 0) is 25.7 Å². The molecule has 4 nitrogen and oxygen atoms in total. The lowest BCUT2D eigenvalue weighted by atomic mass is 9.62. The molecule has 0 unspecified atom stereocenters. The van der Waals surface area contributed by atoms with Gasteiger partial charge in [0.1, 0.15) is 11.5 Å². The average molecular weight is 709 g/mol. The topological polar surface area (TPSA) is 66.2 Å². The first kappa shape index (κ1) is 33.4. The molecule has 4 heteroatoms. The molecular weight excluding hydrogens is 661 g/mol. The van der Waals surface area contributed by atoms with Crippen molar-refractivity contribution in [2.24, 2.45) is 10.8 Å². The Kier molecular flexibility index (Phi) is 7.84. The highest BCUT2D eigenvalue weighted by Gasteiger charge is 2.46. The smallest absolute Gasteiger partial charge is 0.124 e. The third-order valence-corrected chi connectivity index (χ3v) is 14.5. The van der Waals surface area contributed by atoms with Crippen molar-refractivity contribution in [3.8, 4) is 22.6 Å². The summed E-state index contributed by atoms with van der Waals surface area (Å²) in [7, 11) is 0. The van der Waals surface area contributed by atoms with E-state index < -0.39 is 0 Å². The van der Waals surface area contributed by atoms with Crippen LogP contribution in [0.25, 0.3) is 32.7 Å². The van der Waals surface area contributed by atoms with Crippen molar-refractivity contribution >= 4 is 21.5 Å². The summed E-state index contributed by atoms with van der Waals surface area (Å²) in [6, 6.07) is 25.6. The Balaban J connectivity index is 0.992. The molecule has 10 rings (SSSR count). The van der Waals surface area contributed by atoms with Crippen molar-refractivity contribution in [1.29, 1.82) is 0 Å². The van der Waals surface area contributed by atoms with Crippen LogP contribution in [-0.4, -0.2) is 20.2 Å². The van der Waals surface area contributed by atoms with Gasteiger partial charge in [-0.05, 0) is 178 Å². The van der Waals surface area contributed by atoms with Crippen LogP contribution >= 0.6 is 0 Å². The van der Waals surface area contributed by atoms with Crippen molar-refractivity contribution in [3.05, 3.63) is 154 Å². The quantitative estimate of drug-likeness (QED) is 0.162. The zero-order valence-electron chi connectivity index (χ0n) is 31.4. The Bertz CT molecular complexity index is 2340. The van der Waals surface area contributed by atoms with Crippen LogP contribution in [0, 0.1) is 10.8 Å². The zero-order chi connectivity index (χ0) is 36.6. The van der Waals surface area contributed by atoms with Gasteiger partial charge in [-0.3, -0.25) is 9.97 Å². The summed E-state index contributed by atoms with van der Waals surface area (Å²) in [5.41, 5.74) is 13.4. The van der Waals surface area contributed by atoms with E-state index in [1.54, 1.807) is 11.1 Å². The predicted octanol–water partition coefficient (Wildman–Crippen LogP) is 11.9. The summed E-state index contributed by atoms with van der Waals surface area (Å²) >= 11 is 0. The molecule has 6 aromatic rings. The van der Waals surface area contributed by atoms with Crippen LogP contribution < -0.4 is 0 Å². The molecule has 4 atom stereocenters. The third-order valence-electron chi connectivity index (χ3n) is 14.5. The number of phenolic OH excluding ortho intramolecular Hbond substituents is 2. The van der Waals surface area contributed by atoms with Crippen molar-refractivity contribution < 1.29 is 10.2 Å². The molecule has 4 aliphatic carbocycles. The molecule has 2 heterocycles. The Morgan fingerprint density at radius 2 is 0.926 bits per heavy atom. The maximum absolute atomic E-state index is 11.7. The maximum atomic E-state index is 11.7. The number of rotatable bonds is 7. The number of aryl methyl sites for hydroxylation is 4. The van der Waals surface area contributed by atoms with E-state index in [0.29, 0.717) is 11.8 Å². The lowest BCUT2D eigenvalue weighted by Crippen LogP contribution is -2.30. The summed E-state index contributed by atoms with van der Waals surface area (Å²) in [4.78, 5) is 8.40. The minimum Gasteiger partial charge on any atom is -0.507 e. The summed E-state index contributed by atoms with van der Waals surface area (Å²) in [5, 5.41) is 27.8. The molecule has 4 aliphatic rings. The third kappa shape index (κ3) is 5.09. The van der Waals surface area contributed by atoms with Gasteiger partial charge in [0.15, 0.2) is 0 Å². The zero-order valence-corrected chi connectivity index (χ0v) is 31.4. The highest BCUT2D eigenvalue weighted by atomic mass is 16.3. The summed E-state index contributed by atoms with van der Waals surface area (Å²) < 4.78 is 0. The van der Waals surface area contributed by atoms with E-state index in [4.69, 9.17) is 0 Å². The SMILES string of the molecule is C[C@]12CCc3c(ccc4c(-c5c(O)ccc6c7c(ccc56)[C@H]5CC=C(CCc6ccncc6)[C@@]5(C)CC7)c(O)ccc34)[C@H]1CC=C2CCc1ccncc1. The second-order valence-corrected chi connectivity index (χ2v) is 17.0. The molecule has 0 saturated heterocycles. The van der Waals surface area contributed by atoms with E-state index in [1.807, 2.05) is 36.9 Å². The van der Waals surface area contributed by atoms with Gasteiger partial charge >= 0.3 is 0 Å². The highest BCUT2D eigenvalue weighted by molar-refractivity contribution is 6.11. The van der Waals surface area contributed by atoms with Gasteiger partial charge < -0.3 is 10.2 Å². The summed E-state index contributed by atoms with van der Waals surface area (Å²) in [6.45, 7) is 4.97. The van der Waals surface area contributed by atoms with Crippen LogP contribution in [0.1, 0.15) is 97.6 Å². The van der Waals surface area contributed by atoms with E-state index in [0.717, 1.165) is 86.1 Å². The van der Waals surface area contributed by atoms with E-state index in [2.05, 4.69) is 96.6 Å². The van der Waals surface area contributed by atoms with E-state index in [1.165, 1.54) is 44.2 Å². The first-order valence-electron chi connectivity index (χ1n) is 20.1. The van der Waals surface area contributed by atoms with Gasteiger partial charge in [-0.25, -0.2) is 0 Å². The molecule has 0 bridgehead atoms. The minimum absolute atomic E-state index is 0.158. The van der Waals surface area contributed by atoms with Gasteiger partial charge in [0, 0.05) is 35.9 Å². The molecule has 0 fully saturated rings. The number of pyridine rings is 2. The number of phenols is 2. The summed E-state index contributed by atoms with van der Waals surface area (Å²) in [5.74, 6) is 1.35. The molecule has 2 aromatic heterocycles. The number of hydrogen-bond donors (Lipinski definition) is 2. The predicted molar refractivity (Wildman–Crippen MR) is 219 cm³/mol. The molecule has 0 spiro atoms. The second-order valence-electron chi connectivity index (χ2n) is 17.0. The van der Waals surface area contributed by atoms with Crippen molar-refractivity contribution in [2.75, 3.05) is 0 Å². The van der Waals surface area contributed by atoms with Crippen LogP contribution in [0.5, 0.6) is 11.5 Å². The Morgan fingerprint density at radius 1 is 0.519 bits per heavy atom. The largest absolute Gasteiger partial charge is 0.507 e. The Hall–Kier alpha value is -5.22. The molecule has 2 N–H and O–H groups in total. The van der Waals surface area contributed by atoms with Crippen LogP contribution in [0.2, 0.25) is 0 Å². The van der Waals surface area contributed by atoms with E-state index in [9.17, 15) is 10.2 Å². The van der Waals surface area contributed by atoms with Gasteiger partial charge in [-0.2, -0.15) is 0 Å². The number of aromatic hydroxyl groups is 2. The van der Waals surface area contributed by atoms with Crippen LogP contribution in [0.4, 0.5) is 0 Å². The van der Waals surface area contributed by atoms with Gasteiger partial charge in [-0.1, -0.05) is 73.5 Å². The number of fused-ring (bicyclic) bond motifs is 10. The molecular formula is C50H48N2O2. The number of aromatic nitrogens is 2. The minimum atomic E-state index is 0.158. The molecule has 0 amide bonds. The Morgan fingerprint density at radius 3 is 1.35 bits per heavy atom. The molecule has 0 aliphatic heterocycles. The van der Waals surface area contributed by atoms with Gasteiger partial charge in [0.05, 0.1) is 0 Å². The van der Waals surface area contributed by atoms with E-state index >= 15 is 0 Å². The van der Waals surface area contributed by atoms with Gasteiger partial charge in [0.25, 0.3) is 0 Å². The highest BCUT2D eigenvalue weighted by Crippen LogP contribution is 2.60. The lowest BCUT2D eigenvalue weighted by Gasteiger charge is -2.41. The van der Waals surface area contributed by atoms with Gasteiger partial charge in [0.2, 0.25) is 0 Å². The molecule has 4 aromatic carbocycles. The van der Waals surface area contributed by atoms with Crippen molar-refractivity contribution in [3.63, 3.8) is 0 Å². The standard InChI is InChI=1S/C50H48N2O2/c1-49-25-19-37-35-13-17-45(53)47(41(35)11-9-39(37)43(49)15-7-33(49)5-3-31-21-27-51-28-22-31)48-42-12-10-40-38(36(42)14-18-46(48)54)20-26-50(2)34(8-16-44(40)50)6-4-32-23-29-52-30-24-32/h7-14,17-18,21-24,27-30,43-44,53-54H,3-6,15-16,19-20,25-26H2,1-2H3/t43-,44-,49-,50-/m1/s1. The lowest BCUT2D eigenvalue weighted by molar-refractivity contribution is 0.286. The Labute approximate surface area is 318 Å². The van der Waals surface area contributed by atoms with Crippen LogP contribution in [0.15, 0.2) is 121 Å². The number of hydrogen-bond acceptors (Lipinski definition) is 4. The number of benzene rings is 4. The number of allylic oxidation sites excluding steroid dienone is 4. The van der Waals surface area contributed by atoms with Crippen LogP contribution in [0.3, 0.4) is 0 Å². The fourth-order valence-corrected chi connectivity index (χ4v) is 11.4. The molecule has 54 heavy (non-hydrogen) atoms. The maximum Gasteiger partial charge on any atom is 0.124 e. The van der Waals surface area contributed by atoms with Crippen molar-refractivity contribution in [2.45, 2.75) is 89.9 Å². The first-order valence-corrected chi connectivity index (χ1v) is 20.1.